The topological polar surface area (TPSA) is 38.5 Å². The van der Waals surface area contributed by atoms with Crippen molar-refractivity contribution in [3.63, 3.8) is 0 Å². The Hall–Kier alpha value is -0.900. The summed E-state index contributed by atoms with van der Waals surface area (Å²) in [5, 5.41) is 0. The Balaban J connectivity index is 1.62. The average molecular weight is 274 g/mol. The maximum Gasteiger partial charge on any atom is 0.0611 e. The largest absolute Gasteiger partial charge is 0.378 e. The van der Waals surface area contributed by atoms with Crippen molar-refractivity contribution in [2.24, 2.45) is 5.73 Å². The highest BCUT2D eigenvalue weighted by atomic mass is 16.5. The highest BCUT2D eigenvalue weighted by molar-refractivity contribution is 5.22. The van der Waals surface area contributed by atoms with Gasteiger partial charge >= 0.3 is 0 Å². The van der Waals surface area contributed by atoms with E-state index in [1.807, 2.05) is 0 Å². The van der Waals surface area contributed by atoms with Gasteiger partial charge in [-0.3, -0.25) is 4.90 Å². The Morgan fingerprint density at radius 1 is 1.30 bits per heavy atom. The molecule has 20 heavy (non-hydrogen) atoms. The first kappa shape index (κ1) is 14.1. The van der Waals surface area contributed by atoms with Crippen molar-refractivity contribution in [1.82, 2.24) is 4.90 Å². The van der Waals surface area contributed by atoms with Crippen molar-refractivity contribution in [1.29, 1.82) is 0 Å². The highest BCUT2D eigenvalue weighted by Gasteiger charge is 2.49. The summed E-state index contributed by atoms with van der Waals surface area (Å²) in [7, 11) is 0. The molecule has 0 aromatic heterocycles. The Labute approximate surface area is 122 Å². The Kier molecular flexibility index (Phi) is 4.11. The number of rotatable bonds is 5. The van der Waals surface area contributed by atoms with E-state index in [0.717, 1.165) is 32.5 Å². The Bertz CT molecular complexity index is 428. The average Bonchev–Trinajstić information content (AvgIpc) is 2.93. The number of benzene rings is 1. The van der Waals surface area contributed by atoms with Gasteiger partial charge in [-0.1, -0.05) is 30.3 Å². The minimum absolute atomic E-state index is 0.212. The van der Waals surface area contributed by atoms with Gasteiger partial charge in [-0.2, -0.15) is 0 Å². The van der Waals surface area contributed by atoms with E-state index in [9.17, 15) is 0 Å². The second-order valence-electron chi connectivity index (χ2n) is 6.26. The molecule has 0 radical (unpaired) electrons. The van der Waals surface area contributed by atoms with E-state index < -0.39 is 0 Å². The summed E-state index contributed by atoms with van der Waals surface area (Å²) in [5.41, 5.74) is 7.78. The van der Waals surface area contributed by atoms with Gasteiger partial charge in [-0.25, -0.2) is 0 Å². The lowest BCUT2D eigenvalue weighted by Gasteiger charge is -2.52. The normalized spacial score (nSPS) is 34.1. The summed E-state index contributed by atoms with van der Waals surface area (Å²) in [4.78, 5) is 2.63. The SMILES string of the molecule is CCOC1CC(CN)(N2CCC(c3ccccc3)C2)C1. The molecular formula is C17H26N2O. The first-order chi connectivity index (χ1) is 9.77. The van der Waals surface area contributed by atoms with Gasteiger partial charge in [0.15, 0.2) is 0 Å². The molecule has 1 saturated heterocycles. The first-order valence-corrected chi connectivity index (χ1v) is 7.89. The molecular weight excluding hydrogens is 248 g/mol. The zero-order chi connectivity index (χ0) is 14.0. The van der Waals surface area contributed by atoms with E-state index in [-0.39, 0.29) is 5.54 Å². The third-order valence-corrected chi connectivity index (χ3v) is 5.13. The molecule has 3 heteroatoms. The molecule has 1 heterocycles. The quantitative estimate of drug-likeness (QED) is 0.896. The molecule has 1 aromatic carbocycles. The van der Waals surface area contributed by atoms with Gasteiger partial charge < -0.3 is 10.5 Å². The fourth-order valence-electron chi connectivity index (χ4n) is 3.88. The van der Waals surface area contributed by atoms with E-state index in [2.05, 4.69) is 42.2 Å². The van der Waals surface area contributed by atoms with Gasteiger partial charge in [0.1, 0.15) is 0 Å². The zero-order valence-corrected chi connectivity index (χ0v) is 12.4. The molecule has 1 aliphatic heterocycles. The minimum Gasteiger partial charge on any atom is -0.378 e. The first-order valence-electron chi connectivity index (χ1n) is 7.89. The summed E-state index contributed by atoms with van der Waals surface area (Å²) in [6, 6.07) is 10.9. The summed E-state index contributed by atoms with van der Waals surface area (Å²) < 4.78 is 5.72. The van der Waals surface area contributed by atoms with Crippen molar-refractivity contribution in [3.8, 4) is 0 Å². The van der Waals surface area contributed by atoms with E-state index >= 15 is 0 Å². The van der Waals surface area contributed by atoms with Crippen LogP contribution in [0.15, 0.2) is 30.3 Å². The van der Waals surface area contributed by atoms with Crippen LogP contribution in [0, 0.1) is 0 Å². The standard InChI is InChI=1S/C17H26N2O/c1-2-20-16-10-17(11-16,13-18)19-9-8-15(12-19)14-6-4-3-5-7-14/h3-7,15-16H,2,8-13,18H2,1H3. The second-order valence-corrected chi connectivity index (χ2v) is 6.26. The molecule has 1 atom stereocenters. The molecule has 3 nitrogen and oxygen atoms in total. The van der Waals surface area contributed by atoms with Crippen LogP contribution in [-0.4, -0.2) is 42.8 Å². The van der Waals surface area contributed by atoms with Gasteiger partial charge in [0.2, 0.25) is 0 Å². The summed E-state index contributed by atoms with van der Waals surface area (Å²) in [6.45, 7) is 5.98. The van der Waals surface area contributed by atoms with Crippen LogP contribution in [0.5, 0.6) is 0 Å². The van der Waals surface area contributed by atoms with Gasteiger partial charge in [-0.05, 0) is 44.2 Å². The predicted octanol–water partition coefficient (Wildman–Crippen LogP) is 2.37. The molecule has 2 N–H and O–H groups in total. The maximum atomic E-state index is 6.09. The van der Waals surface area contributed by atoms with Crippen LogP contribution in [0.3, 0.4) is 0 Å². The third kappa shape index (κ3) is 2.50. The van der Waals surface area contributed by atoms with E-state index in [1.165, 1.54) is 18.5 Å². The van der Waals surface area contributed by atoms with E-state index in [4.69, 9.17) is 10.5 Å². The number of likely N-dealkylation sites (tertiary alicyclic amines) is 1. The van der Waals surface area contributed by atoms with Crippen molar-refractivity contribution >= 4 is 0 Å². The summed E-state index contributed by atoms with van der Waals surface area (Å²) in [5.74, 6) is 0.672. The van der Waals surface area contributed by atoms with Gasteiger partial charge in [0.05, 0.1) is 6.10 Å². The van der Waals surface area contributed by atoms with Crippen molar-refractivity contribution in [2.75, 3.05) is 26.2 Å². The van der Waals surface area contributed by atoms with Crippen LogP contribution in [-0.2, 0) is 4.74 Å². The fourth-order valence-corrected chi connectivity index (χ4v) is 3.88. The van der Waals surface area contributed by atoms with Crippen molar-refractivity contribution in [3.05, 3.63) is 35.9 Å². The number of hydrogen-bond acceptors (Lipinski definition) is 3. The molecule has 1 saturated carbocycles. The molecule has 110 valence electrons. The molecule has 0 amide bonds. The van der Waals surface area contributed by atoms with Crippen molar-refractivity contribution < 1.29 is 4.74 Å². The molecule has 2 aliphatic rings. The fraction of sp³-hybridized carbons (Fsp3) is 0.647. The van der Waals surface area contributed by atoms with Crippen LogP contribution >= 0.6 is 0 Å². The van der Waals surface area contributed by atoms with E-state index in [0.29, 0.717) is 12.0 Å². The van der Waals surface area contributed by atoms with Gasteiger partial charge in [0.25, 0.3) is 0 Å². The van der Waals surface area contributed by atoms with Gasteiger partial charge in [0, 0.05) is 25.2 Å². The molecule has 1 aromatic rings. The molecule has 1 aliphatic carbocycles. The van der Waals surface area contributed by atoms with Gasteiger partial charge in [-0.15, -0.1) is 0 Å². The van der Waals surface area contributed by atoms with Crippen LogP contribution in [0.4, 0.5) is 0 Å². The lowest BCUT2D eigenvalue weighted by atomic mass is 9.73. The zero-order valence-electron chi connectivity index (χ0n) is 12.4. The Morgan fingerprint density at radius 2 is 2.05 bits per heavy atom. The second kappa shape index (κ2) is 5.84. The maximum absolute atomic E-state index is 6.09. The van der Waals surface area contributed by atoms with E-state index in [1.54, 1.807) is 0 Å². The molecule has 0 bridgehead atoms. The van der Waals surface area contributed by atoms with Crippen LogP contribution in [0.25, 0.3) is 0 Å². The number of nitrogens with zero attached hydrogens (tertiary/aromatic N) is 1. The monoisotopic (exact) mass is 274 g/mol. The molecule has 1 unspecified atom stereocenters. The van der Waals surface area contributed by atoms with Crippen molar-refractivity contribution in [2.45, 2.75) is 43.7 Å². The smallest absolute Gasteiger partial charge is 0.0611 e. The lowest BCUT2D eigenvalue weighted by molar-refractivity contribution is -0.0935. The molecule has 0 spiro atoms. The number of hydrogen-bond donors (Lipinski definition) is 1. The highest BCUT2D eigenvalue weighted by Crippen LogP contribution is 2.43. The third-order valence-electron chi connectivity index (χ3n) is 5.13. The summed E-state index contributed by atoms with van der Waals surface area (Å²) >= 11 is 0. The van der Waals surface area contributed by atoms with Crippen LogP contribution in [0.2, 0.25) is 0 Å². The molecule has 2 fully saturated rings. The molecule has 3 rings (SSSR count). The van der Waals surface area contributed by atoms with Crippen LogP contribution in [0.1, 0.15) is 37.7 Å². The minimum atomic E-state index is 0.212. The number of nitrogens with two attached hydrogens (primary N) is 1. The number of ether oxygens (including phenoxy) is 1. The lowest BCUT2D eigenvalue weighted by Crippen LogP contribution is -2.63. The Morgan fingerprint density at radius 3 is 2.70 bits per heavy atom. The van der Waals surface area contributed by atoms with Crippen LogP contribution < -0.4 is 5.73 Å². The predicted molar refractivity (Wildman–Crippen MR) is 81.8 cm³/mol. The summed E-state index contributed by atoms with van der Waals surface area (Å²) in [6.07, 6.45) is 3.90.